The van der Waals surface area contributed by atoms with Gasteiger partial charge in [0.25, 0.3) is 0 Å². The first kappa shape index (κ1) is 24.8. The van der Waals surface area contributed by atoms with Gasteiger partial charge >= 0.3 is 5.97 Å². The molecule has 5 rings (SSSR count). The zero-order valence-corrected chi connectivity index (χ0v) is 22.5. The van der Waals surface area contributed by atoms with Crippen molar-refractivity contribution in [1.29, 1.82) is 0 Å². The van der Waals surface area contributed by atoms with Gasteiger partial charge < -0.3 is 15.3 Å². The van der Waals surface area contributed by atoms with Crippen LogP contribution in [0.4, 0.5) is 0 Å². The summed E-state index contributed by atoms with van der Waals surface area (Å²) in [5, 5.41) is 33.4. The van der Waals surface area contributed by atoms with Crippen LogP contribution in [0, 0.1) is 56.7 Å². The fraction of sp³-hybridized carbons (Fsp3) is 0.900. The van der Waals surface area contributed by atoms with Crippen molar-refractivity contribution in [3.05, 3.63) is 11.6 Å². The Hall–Kier alpha value is -0.870. The second-order valence-corrected chi connectivity index (χ2v) is 14.6. The first-order valence-corrected chi connectivity index (χ1v) is 14.0. The van der Waals surface area contributed by atoms with Crippen LogP contribution >= 0.6 is 0 Å². The number of fused-ring (bicyclic) bond motifs is 7. The summed E-state index contributed by atoms with van der Waals surface area (Å²) in [6, 6.07) is 0. The molecule has 34 heavy (non-hydrogen) atoms. The van der Waals surface area contributed by atoms with Crippen molar-refractivity contribution in [3.8, 4) is 0 Å². The number of hydrogen-bond donors (Lipinski definition) is 3. The molecule has 0 bridgehead atoms. The topological polar surface area (TPSA) is 77.8 Å². The van der Waals surface area contributed by atoms with Gasteiger partial charge in [-0.05, 0) is 97.2 Å². The van der Waals surface area contributed by atoms with E-state index in [1.807, 2.05) is 0 Å². The molecule has 0 saturated heterocycles. The van der Waals surface area contributed by atoms with Gasteiger partial charge in [0.1, 0.15) is 0 Å². The van der Waals surface area contributed by atoms with Crippen LogP contribution in [0.5, 0.6) is 0 Å². The number of carboxylic acids is 1. The third kappa shape index (κ3) is 2.71. The van der Waals surface area contributed by atoms with Crippen LogP contribution in [-0.4, -0.2) is 33.5 Å². The number of carboxylic acid groups (broad SMARTS) is 1. The number of hydrogen-bond acceptors (Lipinski definition) is 3. The lowest BCUT2D eigenvalue weighted by atomic mass is 9.32. The molecule has 0 aromatic heterocycles. The summed E-state index contributed by atoms with van der Waals surface area (Å²) in [7, 11) is 0. The van der Waals surface area contributed by atoms with Crippen LogP contribution < -0.4 is 0 Å². The van der Waals surface area contributed by atoms with E-state index in [0.717, 1.165) is 51.4 Å². The van der Waals surface area contributed by atoms with Gasteiger partial charge in [-0.15, -0.1) is 0 Å². The monoisotopic (exact) mass is 472 g/mol. The number of allylic oxidation sites excluding steroid dienone is 2. The minimum absolute atomic E-state index is 0.0626. The molecule has 0 aliphatic heterocycles. The van der Waals surface area contributed by atoms with Gasteiger partial charge in [-0.25, -0.2) is 0 Å². The smallest absolute Gasteiger partial charge is 0.310 e. The van der Waals surface area contributed by atoms with Gasteiger partial charge in [0.15, 0.2) is 0 Å². The molecule has 0 aromatic carbocycles. The fourth-order valence-electron chi connectivity index (χ4n) is 10.8. The number of aliphatic carboxylic acids is 1. The van der Waals surface area contributed by atoms with Crippen molar-refractivity contribution in [2.45, 2.75) is 112 Å². The first-order chi connectivity index (χ1) is 15.7. The molecule has 0 aromatic rings. The highest BCUT2D eigenvalue weighted by Gasteiger charge is 2.71. The average Bonchev–Trinajstić information content (AvgIpc) is 2.76. The van der Waals surface area contributed by atoms with E-state index in [1.165, 1.54) is 5.57 Å². The molecule has 4 nitrogen and oxygen atoms in total. The second kappa shape index (κ2) is 7.34. The highest BCUT2D eigenvalue weighted by atomic mass is 16.4. The molecular formula is C30H48O4. The van der Waals surface area contributed by atoms with E-state index in [1.54, 1.807) is 0 Å². The molecule has 0 unspecified atom stereocenters. The Balaban J connectivity index is 1.65. The molecule has 4 heteroatoms. The maximum Gasteiger partial charge on any atom is 0.310 e. The highest BCUT2D eigenvalue weighted by Crippen LogP contribution is 2.75. The van der Waals surface area contributed by atoms with E-state index in [0.29, 0.717) is 17.8 Å². The van der Waals surface area contributed by atoms with Gasteiger partial charge in [0.05, 0.1) is 17.6 Å². The zero-order valence-electron chi connectivity index (χ0n) is 22.5. The quantitative estimate of drug-likeness (QED) is 0.405. The predicted octanol–water partition coefficient (Wildman–Crippen LogP) is 6.06. The van der Waals surface area contributed by atoms with Crippen LogP contribution in [-0.2, 0) is 4.79 Å². The molecule has 5 aliphatic carbocycles. The van der Waals surface area contributed by atoms with Gasteiger partial charge in [-0.2, -0.15) is 0 Å². The molecule has 0 amide bonds. The van der Waals surface area contributed by atoms with E-state index in [4.69, 9.17) is 0 Å². The summed E-state index contributed by atoms with van der Waals surface area (Å²) < 4.78 is 0. The van der Waals surface area contributed by atoms with Crippen molar-refractivity contribution in [1.82, 2.24) is 0 Å². The predicted molar refractivity (Wildman–Crippen MR) is 134 cm³/mol. The molecule has 11 atom stereocenters. The lowest BCUT2D eigenvalue weighted by Gasteiger charge is -2.72. The number of carbonyl (C=O) groups is 1. The summed E-state index contributed by atoms with van der Waals surface area (Å²) >= 11 is 0. The van der Waals surface area contributed by atoms with Crippen molar-refractivity contribution in [2.24, 2.45) is 56.7 Å². The van der Waals surface area contributed by atoms with Crippen LogP contribution in [0.3, 0.4) is 0 Å². The Kier molecular flexibility index (Phi) is 5.36. The third-order valence-corrected chi connectivity index (χ3v) is 13.5. The minimum Gasteiger partial charge on any atom is -0.481 e. The zero-order chi connectivity index (χ0) is 25.1. The van der Waals surface area contributed by atoms with E-state index in [9.17, 15) is 20.1 Å². The summed E-state index contributed by atoms with van der Waals surface area (Å²) in [4.78, 5) is 12.8. The Morgan fingerprint density at radius 1 is 0.912 bits per heavy atom. The summed E-state index contributed by atoms with van der Waals surface area (Å²) in [5.41, 5.74) is 0.0796. The van der Waals surface area contributed by atoms with Crippen molar-refractivity contribution in [2.75, 3.05) is 0 Å². The Morgan fingerprint density at radius 2 is 1.59 bits per heavy atom. The normalized spacial score (nSPS) is 56.3. The maximum atomic E-state index is 12.8. The van der Waals surface area contributed by atoms with Gasteiger partial charge in [-0.3, -0.25) is 4.79 Å². The molecule has 4 fully saturated rings. The van der Waals surface area contributed by atoms with E-state index >= 15 is 0 Å². The number of aliphatic hydroxyl groups excluding tert-OH is 2. The van der Waals surface area contributed by atoms with Crippen LogP contribution in [0.2, 0.25) is 0 Å². The summed E-state index contributed by atoms with van der Waals surface area (Å²) in [6.07, 6.45) is 8.53. The second-order valence-electron chi connectivity index (χ2n) is 14.6. The van der Waals surface area contributed by atoms with Gasteiger partial charge in [-0.1, -0.05) is 60.1 Å². The summed E-state index contributed by atoms with van der Waals surface area (Å²) in [6.45, 7) is 16.2. The van der Waals surface area contributed by atoms with Crippen LogP contribution in [0.25, 0.3) is 0 Å². The molecular weight excluding hydrogens is 424 g/mol. The lowest BCUT2D eigenvalue weighted by molar-refractivity contribution is -0.245. The highest BCUT2D eigenvalue weighted by molar-refractivity contribution is 5.76. The third-order valence-electron chi connectivity index (χ3n) is 13.5. The molecule has 5 aliphatic rings. The van der Waals surface area contributed by atoms with E-state index in [-0.39, 0.29) is 39.6 Å². The Morgan fingerprint density at radius 3 is 2.24 bits per heavy atom. The SMILES string of the molecule is C[C@H]1[C@H](C)CC[C@]2(C(=O)O)CC[C@]3(C)C(=CC[C@@H]4[C@@]5(C)CC[C@H](O)C(C)(C)[C@@H]5C[C@@H](O)[C@]43C)[C@H]12. The van der Waals surface area contributed by atoms with Crippen molar-refractivity contribution >= 4 is 5.97 Å². The minimum atomic E-state index is -0.649. The Bertz CT molecular complexity index is 907. The van der Waals surface area contributed by atoms with Gasteiger partial charge in [0, 0.05) is 5.41 Å². The number of rotatable bonds is 1. The fourth-order valence-corrected chi connectivity index (χ4v) is 10.8. The van der Waals surface area contributed by atoms with E-state index in [2.05, 4.69) is 54.5 Å². The molecule has 0 radical (unpaired) electrons. The van der Waals surface area contributed by atoms with Gasteiger partial charge in [0.2, 0.25) is 0 Å². The molecule has 192 valence electrons. The van der Waals surface area contributed by atoms with Crippen LogP contribution in [0.1, 0.15) is 99.8 Å². The molecule has 3 N–H and O–H groups in total. The average molecular weight is 473 g/mol. The maximum absolute atomic E-state index is 12.8. The first-order valence-electron chi connectivity index (χ1n) is 14.0. The molecule has 0 spiro atoms. The van der Waals surface area contributed by atoms with E-state index < -0.39 is 17.5 Å². The standard InChI is InChI=1S/C30H48O4/c1-17-10-13-30(25(33)34)15-14-28(6)19(24(30)18(17)2)8-9-20-27(5)12-11-22(31)26(3,4)21(27)16-23(32)29(20,28)7/h8,17-18,20-24,31-32H,9-16H2,1-7H3,(H,33,34)/t17-,18+,20-,21+,22+,23-,24+,27-,28-,29+,30+/m1/s1. The van der Waals surface area contributed by atoms with Crippen molar-refractivity contribution in [3.63, 3.8) is 0 Å². The largest absolute Gasteiger partial charge is 0.481 e. The Labute approximate surface area is 206 Å². The number of aliphatic hydroxyl groups is 2. The lowest BCUT2D eigenvalue weighted by Crippen LogP contribution is -2.69. The molecule has 4 saturated carbocycles. The molecule has 0 heterocycles. The van der Waals surface area contributed by atoms with Crippen LogP contribution in [0.15, 0.2) is 11.6 Å². The summed E-state index contributed by atoms with van der Waals surface area (Å²) in [5.74, 6) is 0.931. The van der Waals surface area contributed by atoms with Crippen molar-refractivity contribution < 1.29 is 20.1 Å².